The van der Waals surface area contributed by atoms with Gasteiger partial charge in [-0.05, 0) is 30.3 Å². The monoisotopic (exact) mass is 286 g/mol. The van der Waals surface area contributed by atoms with Crippen LogP contribution in [0.4, 0.5) is 11.4 Å². The minimum absolute atomic E-state index is 0.151. The van der Waals surface area contributed by atoms with E-state index in [9.17, 15) is 4.79 Å². The van der Waals surface area contributed by atoms with Gasteiger partial charge in [-0.15, -0.1) is 0 Å². The molecule has 0 bridgehead atoms. The SMILES string of the molecule is COc1cccc(N(C)C(=O)c2ccc(N)c(OC)c2)c1. The Morgan fingerprint density at radius 3 is 2.52 bits per heavy atom. The minimum Gasteiger partial charge on any atom is -0.497 e. The number of ether oxygens (including phenoxy) is 2. The summed E-state index contributed by atoms with van der Waals surface area (Å²) in [5, 5.41) is 0. The first kappa shape index (κ1) is 14.7. The number of rotatable bonds is 4. The molecular weight excluding hydrogens is 268 g/mol. The molecule has 0 radical (unpaired) electrons. The summed E-state index contributed by atoms with van der Waals surface area (Å²) >= 11 is 0. The molecule has 0 aliphatic rings. The van der Waals surface area contributed by atoms with Gasteiger partial charge in [0.05, 0.1) is 19.9 Å². The molecule has 1 amide bonds. The number of benzene rings is 2. The first-order valence-electron chi connectivity index (χ1n) is 6.42. The maximum Gasteiger partial charge on any atom is 0.258 e. The van der Waals surface area contributed by atoms with Gasteiger partial charge in [0.2, 0.25) is 0 Å². The molecule has 2 aromatic carbocycles. The molecule has 0 spiro atoms. The van der Waals surface area contributed by atoms with E-state index in [0.29, 0.717) is 22.7 Å². The van der Waals surface area contributed by atoms with Crippen molar-refractivity contribution in [3.63, 3.8) is 0 Å². The predicted molar refractivity (Wildman–Crippen MR) is 83.1 cm³/mol. The largest absolute Gasteiger partial charge is 0.497 e. The van der Waals surface area contributed by atoms with Gasteiger partial charge in [-0.3, -0.25) is 4.79 Å². The van der Waals surface area contributed by atoms with Gasteiger partial charge in [0.1, 0.15) is 11.5 Å². The Bertz CT molecular complexity index is 656. The second-order valence-corrected chi connectivity index (χ2v) is 4.52. The van der Waals surface area contributed by atoms with Crippen LogP contribution in [0.3, 0.4) is 0 Å². The average Bonchev–Trinajstić information content (AvgIpc) is 2.54. The van der Waals surface area contributed by atoms with E-state index in [1.54, 1.807) is 43.3 Å². The first-order chi connectivity index (χ1) is 10.1. The number of nitrogens with zero attached hydrogens (tertiary/aromatic N) is 1. The standard InChI is InChI=1S/C16H18N2O3/c1-18(12-5-4-6-13(10-12)20-2)16(19)11-7-8-14(17)15(9-11)21-3/h4-10H,17H2,1-3H3. The smallest absolute Gasteiger partial charge is 0.258 e. The van der Waals surface area contributed by atoms with Gasteiger partial charge in [-0.2, -0.15) is 0 Å². The molecule has 0 saturated carbocycles. The van der Waals surface area contributed by atoms with Crippen molar-refractivity contribution in [1.82, 2.24) is 0 Å². The van der Waals surface area contributed by atoms with Crippen molar-refractivity contribution < 1.29 is 14.3 Å². The molecule has 0 aliphatic heterocycles. The van der Waals surface area contributed by atoms with E-state index in [1.807, 2.05) is 18.2 Å². The number of nitrogens with two attached hydrogens (primary N) is 1. The quantitative estimate of drug-likeness (QED) is 0.877. The molecule has 2 aromatic rings. The van der Waals surface area contributed by atoms with Crippen molar-refractivity contribution in [2.24, 2.45) is 0 Å². The lowest BCUT2D eigenvalue weighted by atomic mass is 10.1. The van der Waals surface area contributed by atoms with Crippen LogP contribution in [-0.2, 0) is 0 Å². The third-order valence-corrected chi connectivity index (χ3v) is 3.23. The van der Waals surface area contributed by atoms with E-state index in [-0.39, 0.29) is 5.91 Å². The molecule has 0 heterocycles. The first-order valence-corrected chi connectivity index (χ1v) is 6.42. The molecule has 0 fully saturated rings. The van der Waals surface area contributed by atoms with Crippen molar-refractivity contribution in [2.45, 2.75) is 0 Å². The summed E-state index contributed by atoms with van der Waals surface area (Å²) in [5.74, 6) is 1.03. The lowest BCUT2D eigenvalue weighted by molar-refractivity contribution is 0.0992. The van der Waals surface area contributed by atoms with Gasteiger partial charge < -0.3 is 20.1 Å². The molecule has 0 aliphatic carbocycles. The zero-order valence-electron chi connectivity index (χ0n) is 12.3. The van der Waals surface area contributed by atoms with E-state index < -0.39 is 0 Å². The van der Waals surface area contributed by atoms with Crippen LogP contribution in [0, 0.1) is 0 Å². The van der Waals surface area contributed by atoms with E-state index in [0.717, 1.165) is 5.69 Å². The molecule has 5 heteroatoms. The highest BCUT2D eigenvalue weighted by molar-refractivity contribution is 6.06. The fourth-order valence-corrected chi connectivity index (χ4v) is 1.97. The summed E-state index contributed by atoms with van der Waals surface area (Å²) in [4.78, 5) is 14.1. The molecule has 21 heavy (non-hydrogen) atoms. The zero-order chi connectivity index (χ0) is 15.4. The minimum atomic E-state index is -0.151. The summed E-state index contributed by atoms with van der Waals surface area (Å²) in [5.41, 5.74) is 7.51. The molecule has 110 valence electrons. The maximum absolute atomic E-state index is 12.5. The summed E-state index contributed by atoms with van der Waals surface area (Å²) in [6, 6.07) is 12.3. The Labute approximate surface area is 123 Å². The highest BCUT2D eigenvalue weighted by atomic mass is 16.5. The highest BCUT2D eigenvalue weighted by Gasteiger charge is 2.15. The summed E-state index contributed by atoms with van der Waals surface area (Å²) in [7, 11) is 4.82. The van der Waals surface area contributed by atoms with Gasteiger partial charge in [0, 0.05) is 24.4 Å². The second kappa shape index (κ2) is 6.17. The van der Waals surface area contributed by atoms with Crippen LogP contribution in [0.2, 0.25) is 0 Å². The third-order valence-electron chi connectivity index (χ3n) is 3.23. The second-order valence-electron chi connectivity index (χ2n) is 4.52. The highest BCUT2D eigenvalue weighted by Crippen LogP contribution is 2.25. The number of amides is 1. The number of methoxy groups -OCH3 is 2. The molecule has 0 aromatic heterocycles. The normalized spacial score (nSPS) is 10.0. The van der Waals surface area contributed by atoms with Gasteiger partial charge in [-0.1, -0.05) is 6.07 Å². The lowest BCUT2D eigenvalue weighted by Gasteiger charge is -2.18. The Hall–Kier alpha value is -2.69. The maximum atomic E-state index is 12.5. The number of carbonyl (C=O) groups excluding carboxylic acids is 1. The Kier molecular flexibility index (Phi) is 4.33. The number of hydrogen-bond donors (Lipinski definition) is 1. The van der Waals surface area contributed by atoms with Gasteiger partial charge in [0.15, 0.2) is 0 Å². The summed E-state index contributed by atoms with van der Waals surface area (Å²) in [6.07, 6.45) is 0. The van der Waals surface area contributed by atoms with Crippen LogP contribution < -0.4 is 20.1 Å². The molecule has 0 saturated heterocycles. The van der Waals surface area contributed by atoms with E-state index >= 15 is 0 Å². The fraction of sp³-hybridized carbons (Fsp3) is 0.188. The number of carbonyl (C=O) groups is 1. The van der Waals surface area contributed by atoms with Crippen LogP contribution in [-0.4, -0.2) is 27.2 Å². The number of hydrogen-bond acceptors (Lipinski definition) is 4. The van der Waals surface area contributed by atoms with Crippen LogP contribution in [0.25, 0.3) is 0 Å². The van der Waals surface area contributed by atoms with Gasteiger partial charge in [0.25, 0.3) is 5.91 Å². The predicted octanol–water partition coefficient (Wildman–Crippen LogP) is 2.56. The Morgan fingerprint density at radius 1 is 1.10 bits per heavy atom. The molecule has 0 atom stereocenters. The van der Waals surface area contributed by atoms with Crippen molar-refractivity contribution in [3.05, 3.63) is 48.0 Å². The molecule has 2 N–H and O–H groups in total. The molecule has 2 rings (SSSR count). The summed E-state index contributed by atoms with van der Waals surface area (Å²) in [6.45, 7) is 0. The van der Waals surface area contributed by atoms with Crippen molar-refractivity contribution in [3.8, 4) is 11.5 Å². The van der Waals surface area contributed by atoms with E-state index in [4.69, 9.17) is 15.2 Å². The van der Waals surface area contributed by atoms with Crippen LogP contribution >= 0.6 is 0 Å². The van der Waals surface area contributed by atoms with Crippen molar-refractivity contribution in [1.29, 1.82) is 0 Å². The van der Waals surface area contributed by atoms with Crippen LogP contribution in [0.1, 0.15) is 10.4 Å². The van der Waals surface area contributed by atoms with Crippen molar-refractivity contribution >= 4 is 17.3 Å². The van der Waals surface area contributed by atoms with Crippen LogP contribution in [0.5, 0.6) is 11.5 Å². The topological polar surface area (TPSA) is 64.8 Å². The molecular formula is C16H18N2O3. The Morgan fingerprint density at radius 2 is 1.86 bits per heavy atom. The van der Waals surface area contributed by atoms with Crippen molar-refractivity contribution in [2.75, 3.05) is 31.9 Å². The number of anilines is 2. The molecule has 5 nitrogen and oxygen atoms in total. The van der Waals surface area contributed by atoms with E-state index in [2.05, 4.69) is 0 Å². The molecule has 0 unspecified atom stereocenters. The summed E-state index contributed by atoms with van der Waals surface area (Å²) < 4.78 is 10.3. The average molecular weight is 286 g/mol. The Balaban J connectivity index is 2.30. The van der Waals surface area contributed by atoms with Gasteiger partial charge in [-0.25, -0.2) is 0 Å². The fourth-order valence-electron chi connectivity index (χ4n) is 1.97. The lowest BCUT2D eigenvalue weighted by Crippen LogP contribution is -2.26. The van der Waals surface area contributed by atoms with Gasteiger partial charge >= 0.3 is 0 Å². The third kappa shape index (κ3) is 3.08. The van der Waals surface area contributed by atoms with Crippen LogP contribution in [0.15, 0.2) is 42.5 Å². The number of nitrogen functional groups attached to an aromatic ring is 1. The van der Waals surface area contributed by atoms with E-state index in [1.165, 1.54) is 7.11 Å². The zero-order valence-corrected chi connectivity index (χ0v) is 12.3.